The fourth-order valence-corrected chi connectivity index (χ4v) is 2.25. The van der Waals surface area contributed by atoms with Crippen LogP contribution in [-0.4, -0.2) is 43.1 Å². The fraction of sp³-hybridized carbons (Fsp3) is 0.467. The molecule has 2 rings (SSSR count). The second kappa shape index (κ2) is 10.4. The van der Waals surface area contributed by atoms with Crippen molar-refractivity contribution in [2.75, 3.05) is 13.3 Å². The van der Waals surface area contributed by atoms with Crippen LogP contribution in [0.15, 0.2) is 30.3 Å². The summed E-state index contributed by atoms with van der Waals surface area (Å²) in [6.07, 6.45) is 7.52. The van der Waals surface area contributed by atoms with E-state index in [1.54, 1.807) is 0 Å². The average Bonchev–Trinajstić information content (AvgIpc) is 2.46. The van der Waals surface area contributed by atoms with Crippen LogP contribution in [-0.2, 0) is 10.1 Å². The Hall–Kier alpha value is -0.400. The van der Waals surface area contributed by atoms with Crippen molar-refractivity contribution in [1.29, 1.82) is 0 Å². The van der Waals surface area contributed by atoms with Gasteiger partial charge in [0.25, 0.3) is 16.0 Å². The topological polar surface area (TPSA) is 74.7 Å². The maximum Gasteiger partial charge on any atom is 1.00 e. The fourth-order valence-electron chi connectivity index (χ4n) is 2.25. The van der Waals surface area contributed by atoms with Gasteiger partial charge in [0.2, 0.25) is 0 Å². The number of benzene rings is 1. The summed E-state index contributed by atoms with van der Waals surface area (Å²) in [6, 6.07) is 9.94. The van der Waals surface area contributed by atoms with E-state index in [4.69, 9.17) is 4.55 Å². The molecule has 0 unspecified atom stereocenters. The molecular formula is C15H22NNaO4S. The van der Waals surface area contributed by atoms with Crippen molar-refractivity contribution in [3.8, 4) is 0 Å². The quantitative estimate of drug-likeness (QED) is 0.446. The largest absolute Gasteiger partial charge is 1.00 e. The molecule has 7 heteroatoms. The van der Waals surface area contributed by atoms with Gasteiger partial charge in [-0.25, -0.2) is 0 Å². The molecule has 0 radical (unpaired) electrons. The van der Waals surface area contributed by atoms with Crippen molar-refractivity contribution < 1.29 is 47.3 Å². The third-order valence-electron chi connectivity index (χ3n) is 3.30. The summed E-state index contributed by atoms with van der Waals surface area (Å²) < 4.78 is 25.9. The van der Waals surface area contributed by atoms with E-state index >= 15 is 0 Å². The Morgan fingerprint density at radius 3 is 2.14 bits per heavy atom. The molecule has 22 heavy (non-hydrogen) atoms. The third kappa shape index (κ3) is 8.90. The number of carbonyl (C=O) groups is 1. The smallest absolute Gasteiger partial charge is 0.339 e. The number of rotatable bonds is 2. The molecule has 0 aliphatic heterocycles. The van der Waals surface area contributed by atoms with Crippen molar-refractivity contribution in [1.82, 2.24) is 4.90 Å². The van der Waals surface area contributed by atoms with E-state index in [1.807, 2.05) is 42.3 Å². The molecule has 1 aliphatic rings. The summed E-state index contributed by atoms with van der Waals surface area (Å²) >= 11 is 0. The van der Waals surface area contributed by atoms with Crippen molar-refractivity contribution in [3.63, 3.8) is 0 Å². The van der Waals surface area contributed by atoms with Crippen LogP contribution in [0.3, 0.4) is 0 Å². The SMILES string of the molecule is CN(C(=O)c1ccccc1)C1CC[CH-]CC1.CS(=O)(=O)O.[Na+]. The number of hydrogen-bond acceptors (Lipinski definition) is 3. The maximum absolute atomic E-state index is 12.2. The van der Waals surface area contributed by atoms with Gasteiger partial charge in [-0.15, -0.1) is 0 Å². The first-order valence-corrected chi connectivity index (χ1v) is 8.70. The molecule has 1 aromatic rings. The summed E-state index contributed by atoms with van der Waals surface area (Å²) in [5, 5.41) is 0. The summed E-state index contributed by atoms with van der Waals surface area (Å²) in [6.45, 7) is 0. The molecule has 0 saturated heterocycles. The van der Waals surface area contributed by atoms with E-state index in [-0.39, 0.29) is 35.5 Å². The summed E-state index contributed by atoms with van der Waals surface area (Å²) in [5.41, 5.74) is 0.791. The molecule has 0 bridgehead atoms. The predicted molar refractivity (Wildman–Crippen MR) is 82.6 cm³/mol. The van der Waals surface area contributed by atoms with Crippen LogP contribution in [0.1, 0.15) is 36.0 Å². The van der Waals surface area contributed by atoms with Gasteiger partial charge in [0.05, 0.1) is 6.26 Å². The van der Waals surface area contributed by atoms with Gasteiger partial charge in [-0.1, -0.05) is 31.0 Å². The molecule has 1 N–H and O–H groups in total. The summed E-state index contributed by atoms with van der Waals surface area (Å²) in [7, 11) is -1.74. The van der Waals surface area contributed by atoms with E-state index in [9.17, 15) is 13.2 Å². The van der Waals surface area contributed by atoms with Crippen LogP contribution in [0.2, 0.25) is 0 Å². The summed E-state index contributed by atoms with van der Waals surface area (Å²) in [5.74, 6) is 0.146. The normalized spacial score (nSPS) is 15.0. The van der Waals surface area contributed by atoms with E-state index in [0.29, 0.717) is 12.3 Å². The molecule has 1 aromatic carbocycles. The standard InChI is InChI=1S/C14H18NO.CH4O3S.Na/c1-15(13-10-6-3-7-11-13)14(16)12-8-4-2-5-9-12;1-5(2,3)4;/h2-5,8-9,13H,6-7,10-11H2,1H3;1H3,(H,2,3,4);/q-1;;+1. The monoisotopic (exact) mass is 335 g/mol. The van der Waals surface area contributed by atoms with E-state index in [0.717, 1.165) is 31.2 Å². The Morgan fingerprint density at radius 2 is 1.68 bits per heavy atom. The average molecular weight is 335 g/mol. The van der Waals surface area contributed by atoms with Gasteiger partial charge in [0, 0.05) is 18.7 Å². The van der Waals surface area contributed by atoms with Crippen molar-refractivity contribution in [2.45, 2.75) is 31.7 Å². The van der Waals surface area contributed by atoms with Gasteiger partial charge in [0.1, 0.15) is 0 Å². The Balaban J connectivity index is 0.000000644. The number of hydrogen-bond donors (Lipinski definition) is 1. The number of amides is 1. The minimum absolute atomic E-state index is 0. The van der Waals surface area contributed by atoms with Crippen LogP contribution in [0.5, 0.6) is 0 Å². The Labute approximate surface area is 155 Å². The number of nitrogens with zero attached hydrogens (tertiary/aromatic N) is 1. The Kier molecular flexibility index (Phi) is 10.2. The predicted octanol–water partition coefficient (Wildman–Crippen LogP) is -0.587. The Bertz CT molecular complexity index is 534. The van der Waals surface area contributed by atoms with E-state index in [2.05, 4.69) is 6.42 Å². The second-order valence-corrected chi connectivity index (χ2v) is 6.58. The van der Waals surface area contributed by atoms with E-state index in [1.165, 1.54) is 0 Å². The molecular weight excluding hydrogens is 313 g/mol. The minimum Gasteiger partial charge on any atom is -0.339 e. The third-order valence-corrected chi connectivity index (χ3v) is 3.30. The first kappa shape index (κ1) is 21.6. The van der Waals surface area contributed by atoms with Crippen molar-refractivity contribution >= 4 is 16.0 Å². The van der Waals surface area contributed by atoms with Gasteiger partial charge in [0.15, 0.2) is 0 Å². The molecule has 5 nitrogen and oxygen atoms in total. The zero-order valence-electron chi connectivity index (χ0n) is 13.4. The van der Waals surface area contributed by atoms with Crippen molar-refractivity contribution in [3.05, 3.63) is 42.3 Å². The molecule has 1 saturated carbocycles. The molecule has 0 heterocycles. The molecule has 1 aliphatic carbocycles. The van der Waals surface area contributed by atoms with Gasteiger partial charge >= 0.3 is 29.6 Å². The maximum atomic E-state index is 12.2. The van der Waals surface area contributed by atoms with Gasteiger partial charge in [-0.2, -0.15) is 21.3 Å². The molecule has 0 spiro atoms. The molecule has 1 amide bonds. The number of carbonyl (C=O) groups excluding carboxylic acids is 1. The molecule has 118 valence electrons. The van der Waals surface area contributed by atoms with Crippen LogP contribution >= 0.6 is 0 Å². The molecule has 0 atom stereocenters. The minimum atomic E-state index is -3.67. The van der Waals surface area contributed by atoms with Crippen LogP contribution in [0.4, 0.5) is 0 Å². The zero-order valence-corrected chi connectivity index (χ0v) is 16.2. The van der Waals surface area contributed by atoms with Gasteiger partial charge in [-0.05, 0) is 12.1 Å². The molecule has 1 fully saturated rings. The van der Waals surface area contributed by atoms with Crippen molar-refractivity contribution in [2.24, 2.45) is 0 Å². The molecule has 0 aromatic heterocycles. The first-order chi connectivity index (χ1) is 9.79. The summed E-state index contributed by atoms with van der Waals surface area (Å²) in [4.78, 5) is 14.1. The van der Waals surface area contributed by atoms with Crippen LogP contribution in [0, 0.1) is 6.42 Å². The van der Waals surface area contributed by atoms with Gasteiger partial charge < -0.3 is 11.3 Å². The van der Waals surface area contributed by atoms with E-state index < -0.39 is 10.1 Å². The zero-order chi connectivity index (χ0) is 15.9. The van der Waals surface area contributed by atoms with Crippen LogP contribution in [0.25, 0.3) is 0 Å². The van der Waals surface area contributed by atoms with Gasteiger partial charge in [-0.3, -0.25) is 9.35 Å². The Morgan fingerprint density at radius 1 is 1.23 bits per heavy atom. The van der Waals surface area contributed by atoms with Crippen LogP contribution < -0.4 is 29.6 Å². The first-order valence-electron chi connectivity index (χ1n) is 6.85. The second-order valence-electron chi connectivity index (χ2n) is 5.11.